The predicted molar refractivity (Wildman–Crippen MR) is 88.0 cm³/mol. The number of rotatable bonds is 1. The number of aliphatic hydroxyl groups is 3. The number of ether oxygens (including phenoxy) is 1. The van der Waals surface area contributed by atoms with Gasteiger partial charge in [0.05, 0.1) is 0 Å². The summed E-state index contributed by atoms with van der Waals surface area (Å²) in [5.41, 5.74) is -4.20. The van der Waals surface area contributed by atoms with E-state index in [2.05, 4.69) is 14.0 Å². The van der Waals surface area contributed by atoms with Gasteiger partial charge in [-0.05, 0) is 0 Å². The summed E-state index contributed by atoms with van der Waals surface area (Å²) in [6.45, 7) is 0. The monoisotopic (exact) mass is 560 g/mol. The third-order valence-corrected chi connectivity index (χ3v) is 10.0. The van der Waals surface area contributed by atoms with Gasteiger partial charge in [0.25, 0.3) is 0 Å². The van der Waals surface area contributed by atoms with Crippen LogP contribution in [0.2, 0.25) is 0 Å². The van der Waals surface area contributed by atoms with Crippen molar-refractivity contribution in [3.05, 3.63) is 20.8 Å². The van der Waals surface area contributed by atoms with Crippen LogP contribution < -0.4 is 25.0 Å². The number of phosphoric ester groups is 2. The van der Waals surface area contributed by atoms with Crippen molar-refractivity contribution in [1.82, 2.24) is 19.0 Å². The highest BCUT2D eigenvalue weighted by atomic mass is 31.2. The van der Waals surface area contributed by atoms with Crippen LogP contribution in [-0.2, 0) is 51.5 Å². The van der Waals surface area contributed by atoms with Gasteiger partial charge in [-0.15, -0.1) is 0 Å². The van der Waals surface area contributed by atoms with Crippen LogP contribution in [0.4, 0.5) is 0 Å². The highest BCUT2D eigenvalue weighted by Gasteiger charge is 3.06. The molecule has 25 heteroatoms. The molecular weight excluding hydrogens is 557 g/mol. The average molecular weight is 560 g/mol. The maximum Gasteiger partial charge on any atom is 0.689 e. The van der Waals surface area contributed by atoms with Gasteiger partial charge in [0, 0.05) is 0 Å². The molecule has 9 bridgehead atoms. The van der Waals surface area contributed by atoms with E-state index in [0.29, 0.717) is 4.57 Å². The molecular formula is C10H3N4O18P3. The molecule has 2 aromatic heterocycles. The van der Waals surface area contributed by atoms with Crippen molar-refractivity contribution in [3.8, 4) is 6.01 Å². The molecule has 6 atom stereocenters. The second-order valence-electron chi connectivity index (χ2n) is 7.89. The quantitative estimate of drug-likeness (QED) is 0.285. The lowest BCUT2D eigenvalue weighted by Crippen LogP contribution is -2.70. The van der Waals surface area contributed by atoms with Gasteiger partial charge in [0.15, 0.2) is 11.2 Å². The molecule has 1 spiro atoms. The lowest BCUT2D eigenvalue weighted by Gasteiger charge is -2.38. The standard InChI is InChI=1S/C10H3N4O18P3/c15-3-1-2-12(4(11-1)23-33(20)31-13(2)5(16)14(3)32-33)9-7(18)6(17,25-34(21,26-7)28-9)8(24-9)10(19)29-35(22,27-8)30-10/h17-19H/t6-,7+,8+,9+,10?,33?,34?,35?/m0/s1. The molecule has 186 valence electrons. The molecule has 8 aliphatic heterocycles. The van der Waals surface area contributed by atoms with Crippen LogP contribution in [0.3, 0.4) is 0 Å². The molecule has 2 aromatic rings. The number of imidazole rings is 1. The van der Waals surface area contributed by atoms with E-state index in [1.54, 1.807) is 0 Å². The van der Waals surface area contributed by atoms with Gasteiger partial charge < -0.3 is 19.8 Å². The highest BCUT2D eigenvalue weighted by molar-refractivity contribution is 7.50. The average Bonchev–Trinajstić information content (AvgIpc) is 3.37. The Morgan fingerprint density at radius 2 is 1.46 bits per heavy atom. The summed E-state index contributed by atoms with van der Waals surface area (Å²) in [5.74, 6) is -17.1. The van der Waals surface area contributed by atoms with Gasteiger partial charge in [-0.3, -0.25) is 18.8 Å². The normalized spacial score (nSPS) is 54.9. The van der Waals surface area contributed by atoms with Crippen molar-refractivity contribution in [2.24, 2.45) is 0 Å². The largest absolute Gasteiger partial charge is 0.689 e. The van der Waals surface area contributed by atoms with Gasteiger partial charge in [0.2, 0.25) is 0 Å². The Morgan fingerprint density at radius 1 is 0.800 bits per heavy atom. The Bertz CT molecular complexity index is 1780. The highest BCUT2D eigenvalue weighted by Crippen LogP contribution is 2.89. The third kappa shape index (κ3) is 1.61. The molecule has 10 heterocycles. The zero-order valence-electron chi connectivity index (χ0n) is 15.6. The van der Waals surface area contributed by atoms with Crippen molar-refractivity contribution in [2.75, 3.05) is 0 Å². The van der Waals surface area contributed by atoms with E-state index in [0.717, 1.165) is 0 Å². The molecule has 0 amide bonds. The molecule has 22 nitrogen and oxygen atoms in total. The maximum atomic E-state index is 13.1. The first kappa shape index (κ1) is 20.0. The summed E-state index contributed by atoms with van der Waals surface area (Å²) in [6.07, 6.45) is 0. The molecule has 0 saturated carbocycles. The van der Waals surface area contributed by atoms with Crippen LogP contribution in [-0.4, -0.2) is 57.7 Å². The fourth-order valence-corrected chi connectivity index (χ4v) is 9.23. The third-order valence-electron chi connectivity index (χ3n) is 6.07. The van der Waals surface area contributed by atoms with Crippen LogP contribution in [0.5, 0.6) is 6.01 Å². The molecule has 10 rings (SSSR count). The zero-order chi connectivity index (χ0) is 24.4. The predicted octanol–water partition coefficient (Wildman–Crippen LogP) is -3.54. The van der Waals surface area contributed by atoms with E-state index < -0.39 is 81.1 Å². The first-order valence-corrected chi connectivity index (χ1v) is 13.4. The van der Waals surface area contributed by atoms with Crippen LogP contribution in [0.25, 0.3) is 11.2 Å². The number of nitrogens with zero attached hydrogens (tertiary/aromatic N) is 4. The van der Waals surface area contributed by atoms with Crippen molar-refractivity contribution >= 4 is 34.6 Å². The molecule has 35 heavy (non-hydrogen) atoms. The van der Waals surface area contributed by atoms with E-state index >= 15 is 0 Å². The van der Waals surface area contributed by atoms with Crippen LogP contribution in [0.15, 0.2) is 9.59 Å². The van der Waals surface area contributed by atoms with Crippen LogP contribution >= 0.6 is 23.5 Å². The zero-order valence-corrected chi connectivity index (χ0v) is 18.3. The number of phosphoric acid groups is 3. The molecule has 2 unspecified atom stereocenters. The van der Waals surface area contributed by atoms with Crippen LogP contribution in [0, 0.1) is 0 Å². The molecule has 0 radical (unpaired) electrons. The first-order valence-electron chi connectivity index (χ1n) is 8.98. The van der Waals surface area contributed by atoms with Gasteiger partial charge in [-0.25, -0.2) is 45.6 Å². The fourth-order valence-electron chi connectivity index (χ4n) is 4.80. The number of aromatic nitrogens is 4. The Balaban J connectivity index is 1.43. The van der Waals surface area contributed by atoms with Gasteiger partial charge in [0.1, 0.15) is 0 Å². The molecule has 6 saturated heterocycles. The number of fused-ring (bicyclic) bond motifs is 5. The van der Waals surface area contributed by atoms with Crippen LogP contribution in [0.1, 0.15) is 0 Å². The minimum Gasteiger partial charge on any atom is -0.356 e. The topological polar surface area (TPSA) is 266 Å². The van der Waals surface area contributed by atoms with E-state index in [1.165, 1.54) is 0 Å². The Kier molecular flexibility index (Phi) is 2.64. The lowest BCUT2D eigenvalue weighted by atomic mass is 9.96. The van der Waals surface area contributed by atoms with Crippen molar-refractivity contribution < 1.29 is 74.7 Å². The van der Waals surface area contributed by atoms with E-state index in [9.17, 15) is 38.6 Å². The van der Waals surface area contributed by atoms with Crippen molar-refractivity contribution in [1.29, 1.82) is 0 Å². The Hall–Kier alpha value is -2.16. The minimum atomic E-state index is -5.08. The van der Waals surface area contributed by atoms with Gasteiger partial charge in [-0.1, -0.05) is 9.46 Å². The summed E-state index contributed by atoms with van der Waals surface area (Å²) in [7, 11) is -14.5. The summed E-state index contributed by atoms with van der Waals surface area (Å²) in [6, 6.07) is -0.994. The Labute approximate surface area is 185 Å². The molecule has 0 aliphatic carbocycles. The van der Waals surface area contributed by atoms with E-state index in [4.69, 9.17) is 36.6 Å². The SMILES string of the molecule is O=c1c2nc3n([C@]45O[C@@]6(OP7(=O)OC6(O)O7)[C@@]6(O)OP(=O)(O4)O[C@@]56O)c2n2c(=O)n1OP(=O)(O3)O2. The number of hydrogen-bond donors (Lipinski definition) is 3. The Morgan fingerprint density at radius 3 is 2.11 bits per heavy atom. The second kappa shape index (κ2) is 4.63. The molecule has 3 N–H and O–H groups in total. The fraction of sp³-hybridized carbons (Fsp3) is 0.500. The molecule has 0 aromatic carbocycles. The lowest BCUT2D eigenvalue weighted by molar-refractivity contribution is -0.454. The van der Waals surface area contributed by atoms with Crippen molar-refractivity contribution in [3.63, 3.8) is 0 Å². The number of hydrogen-bond acceptors (Lipinski definition) is 19. The summed E-state index contributed by atoms with van der Waals surface area (Å²) >= 11 is 0. The summed E-state index contributed by atoms with van der Waals surface area (Å²) in [5, 5.41) is 33.5. The van der Waals surface area contributed by atoms with Gasteiger partial charge >= 0.3 is 70.0 Å². The molecule has 8 aliphatic rings. The smallest absolute Gasteiger partial charge is 0.356 e. The summed E-state index contributed by atoms with van der Waals surface area (Å²) < 4.78 is 88.2. The van der Waals surface area contributed by atoms with E-state index in [1.807, 2.05) is 0 Å². The minimum absolute atomic E-state index is 0.0148. The summed E-state index contributed by atoms with van der Waals surface area (Å²) in [4.78, 5) is 29.2. The molecule has 6 fully saturated rings. The van der Waals surface area contributed by atoms with Crippen molar-refractivity contribution in [2.45, 2.75) is 29.2 Å². The first-order chi connectivity index (χ1) is 16.2. The van der Waals surface area contributed by atoms with Gasteiger partial charge in [-0.2, -0.15) is 9.55 Å². The maximum absolute atomic E-state index is 13.1. The second-order valence-corrected chi connectivity index (χ2v) is 12.2. The van der Waals surface area contributed by atoms with E-state index in [-0.39, 0.29) is 9.46 Å².